The molecule has 1 aromatic rings. The Hall–Kier alpha value is -1.87. The lowest BCUT2D eigenvalue weighted by molar-refractivity contribution is -0.128. The molecule has 3 N–H and O–H groups in total. The van der Waals surface area contributed by atoms with Gasteiger partial charge in [-0.1, -0.05) is 0 Å². The first-order valence-electron chi connectivity index (χ1n) is 8.90. The molecule has 0 fully saturated rings. The van der Waals surface area contributed by atoms with E-state index in [1.807, 2.05) is 27.7 Å². The summed E-state index contributed by atoms with van der Waals surface area (Å²) in [6, 6.07) is 0. The van der Waals surface area contributed by atoms with Gasteiger partial charge in [-0.3, -0.25) is 4.79 Å². The zero-order chi connectivity index (χ0) is 19.8. The lowest BCUT2D eigenvalue weighted by atomic mass is 10.0. The summed E-state index contributed by atoms with van der Waals surface area (Å²) in [5.41, 5.74) is -1.70. The molecule has 1 aromatic heterocycles. The van der Waals surface area contributed by atoms with Crippen LogP contribution in [0, 0.1) is 0 Å². The van der Waals surface area contributed by atoms with Crippen LogP contribution in [0.25, 0.3) is 0 Å². The fourth-order valence-corrected chi connectivity index (χ4v) is 2.34. The standard InChI is InChI=1S/C17H32N4O5/c1-16(2,25-5)8-11-26-17(3,4)12-13(22)18-9-6-7-10-21-14(23)19-20-15(21)24/h6-12H2,1-5H3,(H,18,22)(H,19,23)(H,20,24). The van der Waals surface area contributed by atoms with Crippen LogP contribution < -0.4 is 16.7 Å². The minimum atomic E-state index is -0.556. The SMILES string of the molecule is COC(C)(C)CCOC(C)(C)CC(=O)NCCCCn1c(=O)[nH][nH]c1=O. The van der Waals surface area contributed by atoms with Crippen LogP contribution in [0.3, 0.4) is 0 Å². The van der Waals surface area contributed by atoms with Crippen molar-refractivity contribution in [1.82, 2.24) is 20.1 Å². The van der Waals surface area contributed by atoms with Crippen molar-refractivity contribution in [3.05, 3.63) is 21.0 Å². The number of nitrogens with zero attached hydrogens (tertiary/aromatic N) is 1. The first-order chi connectivity index (χ1) is 12.1. The highest BCUT2D eigenvalue weighted by molar-refractivity contribution is 5.76. The van der Waals surface area contributed by atoms with Crippen molar-refractivity contribution < 1.29 is 14.3 Å². The average molecular weight is 372 g/mol. The maximum atomic E-state index is 12.0. The van der Waals surface area contributed by atoms with E-state index in [4.69, 9.17) is 9.47 Å². The fourth-order valence-electron chi connectivity index (χ4n) is 2.34. The van der Waals surface area contributed by atoms with Crippen LogP contribution in [-0.2, 0) is 20.8 Å². The number of hydrogen-bond donors (Lipinski definition) is 3. The lowest BCUT2D eigenvalue weighted by Crippen LogP contribution is -2.36. The molecule has 0 radical (unpaired) electrons. The second-order valence-corrected chi connectivity index (χ2v) is 7.57. The quantitative estimate of drug-likeness (QED) is 0.468. The number of ether oxygens (including phenoxy) is 2. The zero-order valence-electron chi connectivity index (χ0n) is 16.4. The first-order valence-corrected chi connectivity index (χ1v) is 8.90. The van der Waals surface area contributed by atoms with Crippen LogP contribution in [0.5, 0.6) is 0 Å². The Kier molecular flexibility index (Phi) is 8.29. The fraction of sp³-hybridized carbons (Fsp3) is 0.824. The molecule has 0 spiro atoms. The van der Waals surface area contributed by atoms with E-state index >= 15 is 0 Å². The summed E-state index contributed by atoms with van der Waals surface area (Å²) in [6.07, 6.45) is 2.29. The van der Waals surface area contributed by atoms with Gasteiger partial charge in [0.2, 0.25) is 5.91 Å². The third-order valence-corrected chi connectivity index (χ3v) is 4.23. The van der Waals surface area contributed by atoms with E-state index in [-0.39, 0.29) is 17.9 Å². The maximum absolute atomic E-state index is 12.0. The van der Waals surface area contributed by atoms with Crippen LogP contribution in [-0.4, -0.2) is 52.1 Å². The van der Waals surface area contributed by atoms with Gasteiger partial charge in [0.1, 0.15) is 0 Å². The summed E-state index contributed by atoms with van der Waals surface area (Å²) in [4.78, 5) is 34.7. The third-order valence-electron chi connectivity index (χ3n) is 4.23. The number of methoxy groups -OCH3 is 1. The highest BCUT2D eigenvalue weighted by Gasteiger charge is 2.24. The van der Waals surface area contributed by atoms with Crippen LogP contribution >= 0.6 is 0 Å². The Morgan fingerprint density at radius 1 is 1.08 bits per heavy atom. The van der Waals surface area contributed by atoms with Gasteiger partial charge >= 0.3 is 11.4 Å². The molecule has 1 rings (SSSR count). The number of hydrogen-bond acceptors (Lipinski definition) is 5. The molecule has 9 nitrogen and oxygen atoms in total. The predicted octanol–water partition coefficient (Wildman–Crippen LogP) is 0.762. The average Bonchev–Trinajstić information content (AvgIpc) is 2.85. The number of rotatable bonds is 12. The van der Waals surface area contributed by atoms with Gasteiger partial charge in [-0.25, -0.2) is 24.4 Å². The summed E-state index contributed by atoms with van der Waals surface area (Å²) in [5.74, 6) is -0.0855. The van der Waals surface area contributed by atoms with E-state index in [9.17, 15) is 14.4 Å². The van der Waals surface area contributed by atoms with Crippen LogP contribution in [0.15, 0.2) is 9.59 Å². The first kappa shape index (κ1) is 22.2. The molecule has 1 amide bonds. The van der Waals surface area contributed by atoms with E-state index in [1.54, 1.807) is 7.11 Å². The second-order valence-electron chi connectivity index (χ2n) is 7.57. The van der Waals surface area contributed by atoms with Gasteiger partial charge < -0.3 is 14.8 Å². The largest absolute Gasteiger partial charge is 0.379 e. The minimum absolute atomic E-state index is 0.0855. The maximum Gasteiger partial charge on any atom is 0.344 e. The van der Waals surface area contributed by atoms with Crippen LogP contribution in [0.2, 0.25) is 0 Å². The van der Waals surface area contributed by atoms with Gasteiger partial charge in [0.25, 0.3) is 0 Å². The molecular weight excluding hydrogens is 340 g/mol. The number of aromatic amines is 2. The highest BCUT2D eigenvalue weighted by Crippen LogP contribution is 2.18. The minimum Gasteiger partial charge on any atom is -0.379 e. The van der Waals surface area contributed by atoms with Gasteiger partial charge in [0, 0.05) is 20.2 Å². The summed E-state index contributed by atoms with van der Waals surface area (Å²) in [6.45, 7) is 9.08. The predicted molar refractivity (Wildman–Crippen MR) is 98.3 cm³/mol. The summed E-state index contributed by atoms with van der Waals surface area (Å²) in [5, 5.41) is 7.30. The van der Waals surface area contributed by atoms with E-state index in [0.29, 0.717) is 32.5 Å². The highest BCUT2D eigenvalue weighted by atomic mass is 16.5. The molecule has 0 bridgehead atoms. The van der Waals surface area contributed by atoms with E-state index in [0.717, 1.165) is 11.0 Å². The zero-order valence-corrected chi connectivity index (χ0v) is 16.4. The number of carbonyl (C=O) groups is 1. The molecule has 0 atom stereocenters. The molecule has 1 heterocycles. The molecule has 0 aromatic carbocycles. The molecule has 26 heavy (non-hydrogen) atoms. The van der Waals surface area contributed by atoms with Gasteiger partial charge in [-0.05, 0) is 47.0 Å². The smallest absolute Gasteiger partial charge is 0.344 e. The topological polar surface area (TPSA) is 118 Å². The van der Waals surface area contributed by atoms with E-state index in [1.165, 1.54) is 0 Å². The summed E-state index contributed by atoms with van der Waals surface area (Å²) >= 11 is 0. The van der Waals surface area contributed by atoms with Crippen LogP contribution in [0.4, 0.5) is 0 Å². The van der Waals surface area contributed by atoms with Crippen molar-refractivity contribution in [1.29, 1.82) is 0 Å². The Balaban J connectivity index is 2.22. The molecule has 0 aliphatic heterocycles. The Morgan fingerprint density at radius 3 is 2.27 bits per heavy atom. The van der Waals surface area contributed by atoms with Crippen molar-refractivity contribution in [2.24, 2.45) is 0 Å². The van der Waals surface area contributed by atoms with E-state index < -0.39 is 17.0 Å². The van der Waals surface area contributed by atoms with Crippen molar-refractivity contribution in [2.45, 2.75) is 71.1 Å². The number of amides is 1. The molecule has 0 aliphatic rings. The van der Waals surface area contributed by atoms with Gasteiger partial charge in [0.15, 0.2) is 0 Å². The monoisotopic (exact) mass is 372 g/mol. The molecule has 0 saturated heterocycles. The van der Waals surface area contributed by atoms with Crippen molar-refractivity contribution >= 4 is 5.91 Å². The number of unbranched alkanes of at least 4 members (excludes halogenated alkanes) is 1. The van der Waals surface area contributed by atoms with Gasteiger partial charge in [0.05, 0.1) is 24.2 Å². The number of nitrogens with one attached hydrogen (secondary N) is 3. The van der Waals surface area contributed by atoms with Gasteiger partial charge in [-0.15, -0.1) is 0 Å². The third kappa shape index (κ3) is 8.01. The van der Waals surface area contributed by atoms with Gasteiger partial charge in [-0.2, -0.15) is 0 Å². The van der Waals surface area contributed by atoms with Crippen LogP contribution in [0.1, 0.15) is 53.4 Å². The lowest BCUT2D eigenvalue weighted by Gasteiger charge is -2.28. The molecule has 9 heteroatoms. The number of H-pyrrole nitrogens is 2. The second kappa shape index (κ2) is 9.72. The molecule has 0 unspecified atom stereocenters. The van der Waals surface area contributed by atoms with Crippen molar-refractivity contribution in [2.75, 3.05) is 20.3 Å². The Bertz CT molecular complexity index is 644. The molecule has 0 saturated carbocycles. The molecule has 150 valence electrons. The molecule has 0 aliphatic carbocycles. The summed E-state index contributed by atoms with van der Waals surface area (Å²) in [7, 11) is 1.67. The van der Waals surface area contributed by atoms with E-state index in [2.05, 4.69) is 15.5 Å². The molecular formula is C17H32N4O5. The number of aromatic nitrogens is 3. The van der Waals surface area contributed by atoms with Crippen molar-refractivity contribution in [3.63, 3.8) is 0 Å². The number of carbonyl (C=O) groups excluding carboxylic acids is 1. The Morgan fingerprint density at radius 2 is 1.69 bits per heavy atom. The Labute approximate surface area is 153 Å². The normalized spacial score (nSPS) is 12.3. The van der Waals surface area contributed by atoms with Crippen molar-refractivity contribution in [3.8, 4) is 0 Å². The summed E-state index contributed by atoms with van der Waals surface area (Å²) < 4.78 is 12.3.